The maximum Gasteiger partial charge on any atom is 0.119 e. The van der Waals surface area contributed by atoms with Crippen LogP contribution in [0.4, 0.5) is 0 Å². The van der Waals surface area contributed by atoms with Crippen LogP contribution in [0.1, 0.15) is 26.7 Å². The first-order chi connectivity index (χ1) is 8.20. The number of nitrogens with one attached hydrogen (secondary N) is 1. The fourth-order valence-electron chi connectivity index (χ4n) is 1.71. The zero-order valence-electron chi connectivity index (χ0n) is 10.6. The molecular weight excluding hydrogens is 212 g/mol. The van der Waals surface area contributed by atoms with Gasteiger partial charge in [-0.25, -0.2) is 0 Å². The first-order valence-electron chi connectivity index (χ1n) is 6.04. The molecule has 1 aromatic rings. The van der Waals surface area contributed by atoms with Gasteiger partial charge in [-0.05, 0) is 38.4 Å². The number of rotatable bonds is 7. The molecule has 0 saturated heterocycles. The molecule has 17 heavy (non-hydrogen) atoms. The summed E-state index contributed by atoms with van der Waals surface area (Å²) in [5, 5.41) is 12.3. The zero-order valence-corrected chi connectivity index (χ0v) is 10.6. The number of nitriles is 1. The van der Waals surface area contributed by atoms with E-state index < -0.39 is 5.54 Å². The largest absolute Gasteiger partial charge is 0.494 e. The predicted octanol–water partition coefficient (Wildman–Crippen LogP) is 2.74. The number of hydrogen-bond donors (Lipinski definition) is 1. The molecule has 0 heterocycles. The van der Waals surface area contributed by atoms with Crippen molar-refractivity contribution in [3.8, 4) is 11.8 Å². The topological polar surface area (TPSA) is 45.0 Å². The zero-order chi connectivity index (χ0) is 12.6. The summed E-state index contributed by atoms with van der Waals surface area (Å²) in [6, 6.07) is 12.1. The van der Waals surface area contributed by atoms with Crippen molar-refractivity contribution in [3.63, 3.8) is 0 Å². The van der Waals surface area contributed by atoms with Crippen molar-refractivity contribution >= 4 is 0 Å². The van der Waals surface area contributed by atoms with Crippen LogP contribution < -0.4 is 10.1 Å². The number of ether oxygens (including phenoxy) is 1. The van der Waals surface area contributed by atoms with Crippen LogP contribution in [-0.2, 0) is 0 Å². The van der Waals surface area contributed by atoms with Crippen molar-refractivity contribution in [2.24, 2.45) is 0 Å². The Balaban J connectivity index is 2.26. The molecule has 1 rings (SSSR count). The van der Waals surface area contributed by atoms with Gasteiger partial charge in [-0.3, -0.25) is 5.32 Å². The molecule has 3 nitrogen and oxygen atoms in total. The Morgan fingerprint density at radius 1 is 1.35 bits per heavy atom. The number of hydrogen-bond acceptors (Lipinski definition) is 3. The third kappa shape index (κ3) is 4.88. The van der Waals surface area contributed by atoms with E-state index in [9.17, 15) is 0 Å². The molecule has 3 heteroatoms. The van der Waals surface area contributed by atoms with Crippen LogP contribution in [0.5, 0.6) is 5.75 Å². The van der Waals surface area contributed by atoms with E-state index in [-0.39, 0.29) is 0 Å². The number of nitrogens with zero attached hydrogens (tertiary/aromatic N) is 1. The maximum absolute atomic E-state index is 9.08. The summed E-state index contributed by atoms with van der Waals surface area (Å²) >= 11 is 0. The van der Waals surface area contributed by atoms with E-state index in [1.807, 2.05) is 44.2 Å². The standard InChI is InChI=1S/C14H20N2O/c1-3-16-14(2,12-15)10-7-11-17-13-8-5-4-6-9-13/h4-6,8-9,16H,3,7,10-11H2,1-2H3. The van der Waals surface area contributed by atoms with Crippen molar-refractivity contribution in [3.05, 3.63) is 30.3 Å². The SMILES string of the molecule is CCNC(C)(C#N)CCCOc1ccccc1. The molecule has 0 aliphatic heterocycles. The predicted molar refractivity (Wildman–Crippen MR) is 68.9 cm³/mol. The quantitative estimate of drug-likeness (QED) is 0.735. The average molecular weight is 232 g/mol. The molecule has 0 aromatic heterocycles. The summed E-state index contributed by atoms with van der Waals surface area (Å²) in [7, 11) is 0. The van der Waals surface area contributed by atoms with E-state index in [2.05, 4.69) is 11.4 Å². The Bertz CT molecular complexity index is 358. The molecule has 1 N–H and O–H groups in total. The molecule has 0 aliphatic carbocycles. The van der Waals surface area contributed by atoms with E-state index in [0.717, 1.165) is 25.1 Å². The van der Waals surface area contributed by atoms with Crippen LogP contribution in [0, 0.1) is 11.3 Å². The van der Waals surface area contributed by atoms with Crippen molar-refractivity contribution in [2.45, 2.75) is 32.2 Å². The van der Waals surface area contributed by atoms with E-state index in [4.69, 9.17) is 10.00 Å². The molecular formula is C14H20N2O. The fourth-order valence-corrected chi connectivity index (χ4v) is 1.71. The molecule has 1 atom stereocenters. The lowest BCUT2D eigenvalue weighted by Crippen LogP contribution is -2.40. The Morgan fingerprint density at radius 2 is 2.06 bits per heavy atom. The average Bonchev–Trinajstić information content (AvgIpc) is 2.36. The third-order valence-corrected chi connectivity index (χ3v) is 2.65. The van der Waals surface area contributed by atoms with Crippen LogP contribution in [-0.4, -0.2) is 18.7 Å². The highest BCUT2D eigenvalue weighted by Crippen LogP contribution is 2.13. The molecule has 0 spiro atoms. The van der Waals surface area contributed by atoms with Gasteiger partial charge >= 0.3 is 0 Å². The van der Waals surface area contributed by atoms with Crippen LogP contribution in [0.25, 0.3) is 0 Å². The minimum absolute atomic E-state index is 0.436. The van der Waals surface area contributed by atoms with Crippen LogP contribution in [0.15, 0.2) is 30.3 Å². The lowest BCUT2D eigenvalue weighted by Gasteiger charge is -2.22. The van der Waals surface area contributed by atoms with Gasteiger partial charge in [0.1, 0.15) is 11.3 Å². The summed E-state index contributed by atoms with van der Waals surface area (Å²) in [6.07, 6.45) is 1.66. The highest BCUT2D eigenvalue weighted by atomic mass is 16.5. The number of para-hydroxylation sites is 1. The summed E-state index contributed by atoms with van der Waals surface area (Å²) in [5.74, 6) is 0.884. The molecule has 1 unspecified atom stereocenters. The van der Waals surface area contributed by atoms with Gasteiger partial charge < -0.3 is 4.74 Å². The van der Waals surface area contributed by atoms with Crippen molar-refractivity contribution < 1.29 is 4.74 Å². The van der Waals surface area contributed by atoms with Gasteiger partial charge in [0, 0.05) is 0 Å². The van der Waals surface area contributed by atoms with E-state index in [1.165, 1.54) is 0 Å². The molecule has 0 fully saturated rings. The second kappa shape index (κ2) is 6.93. The fraction of sp³-hybridized carbons (Fsp3) is 0.500. The minimum atomic E-state index is -0.436. The van der Waals surface area contributed by atoms with Gasteiger partial charge in [0.15, 0.2) is 0 Å². The summed E-state index contributed by atoms with van der Waals surface area (Å²) in [4.78, 5) is 0. The van der Waals surface area contributed by atoms with Crippen LogP contribution >= 0.6 is 0 Å². The van der Waals surface area contributed by atoms with Crippen molar-refractivity contribution in [1.29, 1.82) is 5.26 Å². The van der Waals surface area contributed by atoms with Crippen LogP contribution in [0.3, 0.4) is 0 Å². The number of benzene rings is 1. The molecule has 0 amide bonds. The van der Waals surface area contributed by atoms with E-state index >= 15 is 0 Å². The monoisotopic (exact) mass is 232 g/mol. The van der Waals surface area contributed by atoms with Crippen LogP contribution in [0.2, 0.25) is 0 Å². The van der Waals surface area contributed by atoms with Gasteiger partial charge in [0.25, 0.3) is 0 Å². The Hall–Kier alpha value is -1.53. The second-order valence-corrected chi connectivity index (χ2v) is 4.24. The summed E-state index contributed by atoms with van der Waals surface area (Å²) in [5.41, 5.74) is -0.436. The lowest BCUT2D eigenvalue weighted by molar-refractivity contribution is 0.286. The van der Waals surface area contributed by atoms with E-state index in [0.29, 0.717) is 6.61 Å². The minimum Gasteiger partial charge on any atom is -0.494 e. The highest BCUT2D eigenvalue weighted by molar-refractivity contribution is 5.20. The normalized spacial score (nSPS) is 13.7. The van der Waals surface area contributed by atoms with Gasteiger partial charge in [0.05, 0.1) is 12.7 Å². The van der Waals surface area contributed by atoms with Crippen molar-refractivity contribution in [1.82, 2.24) is 5.32 Å². The molecule has 0 saturated carbocycles. The van der Waals surface area contributed by atoms with Gasteiger partial charge in [-0.1, -0.05) is 25.1 Å². The van der Waals surface area contributed by atoms with Crippen molar-refractivity contribution in [2.75, 3.05) is 13.2 Å². The molecule has 0 bridgehead atoms. The Kier molecular flexibility index (Phi) is 5.51. The van der Waals surface area contributed by atoms with Gasteiger partial charge in [-0.15, -0.1) is 0 Å². The molecule has 1 aromatic carbocycles. The maximum atomic E-state index is 9.08. The second-order valence-electron chi connectivity index (χ2n) is 4.24. The molecule has 0 radical (unpaired) electrons. The first-order valence-corrected chi connectivity index (χ1v) is 6.04. The summed E-state index contributed by atoms with van der Waals surface area (Å²) in [6.45, 7) is 5.39. The molecule has 0 aliphatic rings. The third-order valence-electron chi connectivity index (χ3n) is 2.65. The van der Waals surface area contributed by atoms with E-state index in [1.54, 1.807) is 0 Å². The Labute approximate surface area is 103 Å². The Morgan fingerprint density at radius 3 is 2.65 bits per heavy atom. The molecule has 92 valence electrons. The highest BCUT2D eigenvalue weighted by Gasteiger charge is 2.21. The smallest absolute Gasteiger partial charge is 0.119 e. The first kappa shape index (κ1) is 13.5. The lowest BCUT2D eigenvalue weighted by atomic mass is 9.98. The summed E-state index contributed by atoms with van der Waals surface area (Å²) < 4.78 is 5.59. The van der Waals surface area contributed by atoms with Gasteiger partial charge in [0.2, 0.25) is 0 Å². The van der Waals surface area contributed by atoms with Gasteiger partial charge in [-0.2, -0.15) is 5.26 Å².